The average molecular weight is 292 g/mol. The summed E-state index contributed by atoms with van der Waals surface area (Å²) in [6.07, 6.45) is 2.23. The van der Waals surface area contributed by atoms with Crippen LogP contribution in [0.4, 0.5) is 0 Å². The zero-order chi connectivity index (χ0) is 15.1. The fourth-order valence-corrected chi connectivity index (χ4v) is 2.44. The Bertz CT molecular complexity index is 444. The number of hydrogen-bond donors (Lipinski definition) is 2. The van der Waals surface area contributed by atoms with Crippen LogP contribution in [-0.2, 0) is 20.7 Å². The number of methoxy groups -OCH3 is 1. The van der Waals surface area contributed by atoms with Crippen molar-refractivity contribution in [2.24, 2.45) is 5.73 Å². The average Bonchev–Trinajstić information content (AvgIpc) is 3.01. The predicted molar refractivity (Wildman–Crippen MR) is 80.9 cm³/mol. The molecule has 0 radical (unpaired) electrons. The highest BCUT2D eigenvalue weighted by Crippen LogP contribution is 2.21. The number of benzene rings is 1. The van der Waals surface area contributed by atoms with Crippen molar-refractivity contribution in [2.45, 2.75) is 30.9 Å². The van der Waals surface area contributed by atoms with Crippen LogP contribution in [0.1, 0.15) is 18.4 Å². The molecule has 0 saturated carbocycles. The molecule has 21 heavy (non-hydrogen) atoms. The highest BCUT2D eigenvalue weighted by atomic mass is 16.5. The van der Waals surface area contributed by atoms with Crippen molar-refractivity contribution in [3.05, 3.63) is 35.9 Å². The van der Waals surface area contributed by atoms with Gasteiger partial charge in [0.15, 0.2) is 0 Å². The minimum atomic E-state index is -0.499. The number of carbonyl (C=O) groups excluding carboxylic acids is 1. The minimum absolute atomic E-state index is 0.130. The molecule has 116 valence electrons. The number of hydrogen-bond acceptors (Lipinski definition) is 4. The third-order valence-corrected chi connectivity index (χ3v) is 4.01. The van der Waals surface area contributed by atoms with Gasteiger partial charge in [0.05, 0.1) is 12.6 Å². The summed E-state index contributed by atoms with van der Waals surface area (Å²) in [6, 6.07) is 9.54. The van der Waals surface area contributed by atoms with Gasteiger partial charge in [-0.15, -0.1) is 0 Å². The van der Waals surface area contributed by atoms with Crippen molar-refractivity contribution in [3.63, 3.8) is 0 Å². The van der Waals surface area contributed by atoms with Gasteiger partial charge in [-0.05, 0) is 18.4 Å². The van der Waals surface area contributed by atoms with E-state index in [4.69, 9.17) is 15.2 Å². The molecule has 3 N–H and O–H groups in total. The number of nitrogens with one attached hydrogen (secondary N) is 1. The summed E-state index contributed by atoms with van der Waals surface area (Å²) in [6.45, 7) is 1.63. The second kappa shape index (κ2) is 7.54. The van der Waals surface area contributed by atoms with Crippen LogP contribution in [-0.4, -0.2) is 44.4 Å². The number of amides is 1. The van der Waals surface area contributed by atoms with Gasteiger partial charge in [0.25, 0.3) is 0 Å². The van der Waals surface area contributed by atoms with Crippen LogP contribution in [0.15, 0.2) is 30.3 Å². The first-order valence-corrected chi connectivity index (χ1v) is 7.35. The normalized spacial score (nSPS) is 23.0. The fraction of sp³-hybridized carbons (Fsp3) is 0.562. The maximum atomic E-state index is 12.0. The first-order valence-electron chi connectivity index (χ1n) is 7.35. The summed E-state index contributed by atoms with van der Waals surface area (Å²) in [5, 5.41) is 2.88. The van der Waals surface area contributed by atoms with E-state index in [2.05, 4.69) is 5.32 Å². The molecular weight excluding hydrogens is 268 g/mol. The Hall–Kier alpha value is -1.43. The number of ether oxygens (including phenoxy) is 2. The quantitative estimate of drug-likeness (QED) is 0.782. The van der Waals surface area contributed by atoms with Gasteiger partial charge in [-0.2, -0.15) is 0 Å². The first-order chi connectivity index (χ1) is 10.2. The highest BCUT2D eigenvalue weighted by molar-refractivity contribution is 5.81. The Morgan fingerprint density at radius 3 is 2.86 bits per heavy atom. The van der Waals surface area contributed by atoms with Crippen LogP contribution in [0.2, 0.25) is 0 Å². The van der Waals surface area contributed by atoms with E-state index in [0.717, 1.165) is 12.8 Å². The Morgan fingerprint density at radius 2 is 2.24 bits per heavy atom. The van der Waals surface area contributed by atoms with Crippen molar-refractivity contribution in [1.29, 1.82) is 0 Å². The molecule has 2 unspecified atom stereocenters. The lowest BCUT2D eigenvalue weighted by atomic mass is 10.0. The Morgan fingerprint density at radius 1 is 1.48 bits per heavy atom. The molecule has 0 bridgehead atoms. The predicted octanol–water partition coefficient (Wildman–Crippen LogP) is 0.868. The molecule has 0 aliphatic carbocycles. The summed E-state index contributed by atoms with van der Waals surface area (Å²) >= 11 is 0. The molecular formula is C16H24N2O3. The van der Waals surface area contributed by atoms with Gasteiger partial charge < -0.3 is 20.5 Å². The molecule has 1 saturated heterocycles. The van der Waals surface area contributed by atoms with E-state index < -0.39 is 11.6 Å². The van der Waals surface area contributed by atoms with E-state index in [9.17, 15) is 4.79 Å². The van der Waals surface area contributed by atoms with Gasteiger partial charge in [0.1, 0.15) is 5.60 Å². The van der Waals surface area contributed by atoms with Gasteiger partial charge in [-0.25, -0.2) is 0 Å². The smallest absolute Gasteiger partial charge is 0.237 e. The zero-order valence-corrected chi connectivity index (χ0v) is 12.5. The summed E-state index contributed by atoms with van der Waals surface area (Å²) < 4.78 is 10.8. The van der Waals surface area contributed by atoms with Crippen LogP contribution in [0.25, 0.3) is 0 Å². The lowest BCUT2D eigenvalue weighted by Gasteiger charge is -2.26. The van der Waals surface area contributed by atoms with Gasteiger partial charge in [-0.3, -0.25) is 4.79 Å². The molecule has 2 rings (SSSR count). The van der Waals surface area contributed by atoms with Crippen molar-refractivity contribution >= 4 is 5.91 Å². The monoisotopic (exact) mass is 292 g/mol. The standard InChI is InChI=1S/C16H24N2O3/c1-20-16(9-10-21-12-16)11-18-15(19)14(17)8-7-13-5-3-2-4-6-13/h2-6,14H,7-12,17H2,1H3,(H,18,19). The number of aryl methyl sites for hydroxylation is 1. The van der Waals surface area contributed by atoms with Crippen molar-refractivity contribution in [1.82, 2.24) is 5.32 Å². The molecule has 1 fully saturated rings. The summed E-state index contributed by atoms with van der Waals surface area (Å²) in [7, 11) is 1.65. The SMILES string of the molecule is COC1(CNC(=O)C(N)CCc2ccccc2)CCOC1. The molecule has 1 aromatic carbocycles. The van der Waals surface area contributed by atoms with E-state index >= 15 is 0 Å². The second-order valence-electron chi connectivity index (χ2n) is 5.54. The van der Waals surface area contributed by atoms with Gasteiger partial charge in [0, 0.05) is 26.7 Å². The Balaban J connectivity index is 1.75. The van der Waals surface area contributed by atoms with E-state index in [1.165, 1.54) is 5.56 Å². The highest BCUT2D eigenvalue weighted by Gasteiger charge is 2.35. The van der Waals surface area contributed by atoms with Crippen molar-refractivity contribution < 1.29 is 14.3 Å². The summed E-state index contributed by atoms with van der Waals surface area (Å²) in [4.78, 5) is 12.0. The number of rotatable bonds is 7. The fourth-order valence-electron chi connectivity index (χ4n) is 2.44. The maximum Gasteiger partial charge on any atom is 0.237 e. The van der Waals surface area contributed by atoms with Crippen LogP contribution >= 0.6 is 0 Å². The van der Waals surface area contributed by atoms with Gasteiger partial charge in [0.2, 0.25) is 5.91 Å². The molecule has 0 aromatic heterocycles. The molecule has 0 spiro atoms. The Kier molecular flexibility index (Phi) is 5.73. The van der Waals surface area contributed by atoms with E-state index in [1.54, 1.807) is 7.11 Å². The summed E-state index contributed by atoms with van der Waals surface area (Å²) in [5.41, 5.74) is 6.75. The van der Waals surface area contributed by atoms with Crippen LogP contribution in [0, 0.1) is 0 Å². The third kappa shape index (κ3) is 4.52. The van der Waals surface area contributed by atoms with Crippen LogP contribution in [0.3, 0.4) is 0 Å². The van der Waals surface area contributed by atoms with Crippen molar-refractivity contribution in [2.75, 3.05) is 26.9 Å². The number of carbonyl (C=O) groups is 1. The van der Waals surface area contributed by atoms with E-state index in [-0.39, 0.29) is 5.91 Å². The van der Waals surface area contributed by atoms with E-state index in [0.29, 0.717) is 26.2 Å². The van der Waals surface area contributed by atoms with Crippen LogP contribution in [0.5, 0.6) is 0 Å². The number of nitrogens with two attached hydrogens (primary N) is 1. The molecule has 1 amide bonds. The molecule has 1 heterocycles. The van der Waals surface area contributed by atoms with Crippen molar-refractivity contribution in [3.8, 4) is 0 Å². The third-order valence-electron chi connectivity index (χ3n) is 4.01. The zero-order valence-electron chi connectivity index (χ0n) is 12.5. The molecule has 1 aromatic rings. The molecule has 5 heteroatoms. The molecule has 2 atom stereocenters. The Labute approximate surface area is 125 Å². The van der Waals surface area contributed by atoms with Gasteiger partial charge >= 0.3 is 0 Å². The second-order valence-corrected chi connectivity index (χ2v) is 5.54. The minimum Gasteiger partial charge on any atom is -0.378 e. The van der Waals surface area contributed by atoms with Crippen LogP contribution < -0.4 is 11.1 Å². The lowest BCUT2D eigenvalue weighted by Crippen LogP contribution is -2.49. The van der Waals surface area contributed by atoms with E-state index in [1.807, 2.05) is 30.3 Å². The maximum absolute atomic E-state index is 12.0. The molecule has 5 nitrogen and oxygen atoms in total. The lowest BCUT2D eigenvalue weighted by molar-refractivity contribution is -0.124. The molecule has 1 aliphatic heterocycles. The van der Waals surface area contributed by atoms with Gasteiger partial charge in [-0.1, -0.05) is 30.3 Å². The largest absolute Gasteiger partial charge is 0.378 e. The molecule has 1 aliphatic rings. The topological polar surface area (TPSA) is 73.6 Å². The first kappa shape index (κ1) is 15.9. The summed E-state index contributed by atoms with van der Waals surface area (Å²) in [5.74, 6) is -0.130.